The Hall–Kier alpha value is -3.53. The highest BCUT2D eigenvalue weighted by Gasteiger charge is 2.46. The van der Waals surface area contributed by atoms with Crippen LogP contribution in [0.1, 0.15) is 84.2 Å². The van der Waals surface area contributed by atoms with Crippen LogP contribution in [-0.4, -0.2) is 71.0 Å². The number of nitrogens with one attached hydrogen (secondary N) is 1. The molecule has 3 heterocycles. The van der Waals surface area contributed by atoms with E-state index in [0.29, 0.717) is 36.5 Å². The van der Waals surface area contributed by atoms with Crippen LogP contribution in [0.4, 0.5) is 10.5 Å². The van der Waals surface area contributed by atoms with Gasteiger partial charge in [0, 0.05) is 42.0 Å². The summed E-state index contributed by atoms with van der Waals surface area (Å²) in [6.07, 6.45) is 7.25. The third kappa shape index (κ3) is 6.18. The number of fused-ring (bicyclic) bond motifs is 2. The number of aliphatic hydroxyl groups excluding tert-OH is 2. The number of ether oxygens (including phenoxy) is 1. The number of anilines is 1. The summed E-state index contributed by atoms with van der Waals surface area (Å²) in [4.78, 5) is 34.9. The monoisotopic (exact) mass is 612 g/mol. The predicted molar refractivity (Wildman–Crippen MR) is 172 cm³/mol. The molecule has 9 heteroatoms. The van der Waals surface area contributed by atoms with Gasteiger partial charge in [0.05, 0.1) is 30.8 Å². The molecule has 0 spiro atoms. The Balaban J connectivity index is 1.14. The molecular formula is C36H44N4O5. The van der Waals surface area contributed by atoms with Crippen molar-refractivity contribution in [2.24, 2.45) is 11.3 Å². The number of aromatic nitrogens is 1. The number of carbonyl (C=O) groups excluding carboxylic acids is 2. The highest BCUT2D eigenvalue weighted by molar-refractivity contribution is 5.99. The van der Waals surface area contributed by atoms with E-state index in [2.05, 4.69) is 17.1 Å². The maximum absolute atomic E-state index is 13.9. The molecule has 45 heavy (non-hydrogen) atoms. The molecule has 9 nitrogen and oxygen atoms in total. The molecule has 2 amide bonds. The molecule has 0 radical (unpaired) electrons. The second-order valence-corrected chi connectivity index (χ2v) is 13.7. The number of cyclic esters (lactones) is 1. The van der Waals surface area contributed by atoms with Gasteiger partial charge >= 0.3 is 6.09 Å². The molecule has 1 aromatic heterocycles. The molecule has 2 aromatic carbocycles. The maximum atomic E-state index is 13.9. The fourth-order valence-electron chi connectivity index (χ4n) is 7.59. The molecule has 238 valence electrons. The highest BCUT2D eigenvalue weighted by atomic mass is 16.6. The molecule has 7 rings (SSSR count). The molecular weight excluding hydrogens is 568 g/mol. The van der Waals surface area contributed by atoms with E-state index in [-0.39, 0.29) is 30.8 Å². The van der Waals surface area contributed by atoms with Crippen LogP contribution in [-0.2, 0) is 24.2 Å². The molecule has 0 bridgehead atoms. The first-order valence-corrected chi connectivity index (χ1v) is 16.6. The molecule has 3 N–H and O–H groups in total. The first-order chi connectivity index (χ1) is 21.8. The molecule has 3 aromatic rings. The molecule has 2 saturated heterocycles. The first-order valence-electron chi connectivity index (χ1n) is 16.6. The third-order valence-electron chi connectivity index (χ3n) is 10.9. The minimum atomic E-state index is -0.341. The summed E-state index contributed by atoms with van der Waals surface area (Å²) in [5.41, 5.74) is 6.71. The van der Waals surface area contributed by atoms with E-state index in [9.17, 15) is 19.8 Å². The number of likely N-dealkylation sites (tertiary alicyclic amines) is 1. The SMILES string of the molecule is CC1([C@H]2CCc3nc4ccc(C(=O)N[C@H](CCN5CCC(O)CC5)c5ccc(N6CCOC6=O)cc5)cc4c(CO)c3C2)CC1. The number of rotatable bonds is 9. The molecule has 1 saturated carbocycles. The fourth-order valence-corrected chi connectivity index (χ4v) is 7.59. The number of piperidine rings is 1. The van der Waals surface area contributed by atoms with Crippen molar-refractivity contribution < 1.29 is 24.5 Å². The maximum Gasteiger partial charge on any atom is 0.414 e. The summed E-state index contributed by atoms with van der Waals surface area (Å²) in [5, 5.41) is 24.7. The lowest BCUT2D eigenvalue weighted by Crippen LogP contribution is -2.38. The number of aliphatic hydroxyl groups is 2. The Morgan fingerprint density at radius 3 is 2.58 bits per heavy atom. The summed E-state index contributed by atoms with van der Waals surface area (Å²) >= 11 is 0. The summed E-state index contributed by atoms with van der Waals surface area (Å²) < 4.78 is 5.10. The quantitative estimate of drug-likeness (QED) is 0.315. The number of hydrogen-bond acceptors (Lipinski definition) is 7. The Morgan fingerprint density at radius 1 is 1.11 bits per heavy atom. The lowest BCUT2D eigenvalue weighted by Gasteiger charge is -2.31. The number of pyridine rings is 1. The topological polar surface area (TPSA) is 115 Å². The molecule has 3 fully saturated rings. The normalized spacial score (nSPS) is 22.2. The van der Waals surface area contributed by atoms with Gasteiger partial charge in [-0.1, -0.05) is 19.1 Å². The van der Waals surface area contributed by atoms with E-state index in [1.807, 2.05) is 42.5 Å². The van der Waals surface area contributed by atoms with Crippen LogP contribution in [0.5, 0.6) is 0 Å². The summed E-state index contributed by atoms with van der Waals surface area (Å²) in [6.45, 7) is 5.69. The summed E-state index contributed by atoms with van der Waals surface area (Å²) in [5.74, 6) is 0.445. The van der Waals surface area contributed by atoms with Crippen molar-refractivity contribution in [2.45, 2.75) is 77.0 Å². The molecule has 2 aliphatic carbocycles. The van der Waals surface area contributed by atoms with E-state index in [0.717, 1.165) is 85.1 Å². The molecule has 2 atom stereocenters. The average Bonchev–Trinajstić information content (AvgIpc) is 3.67. The Morgan fingerprint density at radius 2 is 1.89 bits per heavy atom. The summed E-state index contributed by atoms with van der Waals surface area (Å²) in [7, 11) is 0. The van der Waals surface area contributed by atoms with Gasteiger partial charge in [0.25, 0.3) is 5.91 Å². The van der Waals surface area contributed by atoms with Crippen LogP contribution in [0.3, 0.4) is 0 Å². The van der Waals surface area contributed by atoms with Crippen molar-refractivity contribution in [3.63, 3.8) is 0 Å². The van der Waals surface area contributed by atoms with Crippen molar-refractivity contribution in [3.05, 3.63) is 70.4 Å². The molecule has 0 unspecified atom stereocenters. The number of nitrogens with zero attached hydrogens (tertiary/aromatic N) is 3. The lowest BCUT2D eigenvalue weighted by molar-refractivity contribution is 0.0795. The van der Waals surface area contributed by atoms with Gasteiger partial charge in [0.2, 0.25) is 0 Å². The first kappa shape index (κ1) is 30.1. The summed E-state index contributed by atoms with van der Waals surface area (Å²) in [6, 6.07) is 13.2. The van der Waals surface area contributed by atoms with Crippen LogP contribution < -0.4 is 10.2 Å². The molecule has 4 aliphatic rings. The van der Waals surface area contributed by atoms with Gasteiger partial charge < -0.3 is 25.2 Å². The minimum absolute atomic E-state index is 0.0695. The van der Waals surface area contributed by atoms with Crippen LogP contribution in [0, 0.1) is 11.3 Å². The van der Waals surface area contributed by atoms with Gasteiger partial charge in [-0.15, -0.1) is 0 Å². The number of carbonyl (C=O) groups is 2. The van der Waals surface area contributed by atoms with Crippen LogP contribution >= 0.6 is 0 Å². The minimum Gasteiger partial charge on any atom is -0.447 e. The van der Waals surface area contributed by atoms with Crippen LogP contribution in [0.2, 0.25) is 0 Å². The zero-order chi connectivity index (χ0) is 31.1. The third-order valence-corrected chi connectivity index (χ3v) is 10.9. The van der Waals surface area contributed by atoms with Crippen molar-refractivity contribution in [1.29, 1.82) is 0 Å². The van der Waals surface area contributed by atoms with Crippen molar-refractivity contribution in [3.8, 4) is 0 Å². The highest BCUT2D eigenvalue weighted by Crippen LogP contribution is 2.55. The lowest BCUT2D eigenvalue weighted by atomic mass is 9.75. The van der Waals surface area contributed by atoms with Crippen molar-refractivity contribution in [2.75, 3.05) is 37.7 Å². The number of aryl methyl sites for hydroxylation is 1. The van der Waals surface area contributed by atoms with Gasteiger partial charge in [-0.2, -0.15) is 0 Å². The number of hydrogen-bond donors (Lipinski definition) is 3. The average molecular weight is 613 g/mol. The van der Waals surface area contributed by atoms with E-state index in [1.165, 1.54) is 18.4 Å². The van der Waals surface area contributed by atoms with Crippen molar-refractivity contribution >= 4 is 28.6 Å². The van der Waals surface area contributed by atoms with E-state index < -0.39 is 0 Å². The smallest absolute Gasteiger partial charge is 0.414 e. The zero-order valence-electron chi connectivity index (χ0n) is 26.1. The second kappa shape index (κ2) is 12.3. The van der Waals surface area contributed by atoms with Gasteiger partial charge in [-0.05, 0) is 110 Å². The van der Waals surface area contributed by atoms with E-state index >= 15 is 0 Å². The fraction of sp³-hybridized carbons (Fsp3) is 0.528. The standard InChI is InChI=1S/C36H44N4O5/c1-36(13-14-36)25-5-9-33-29(21-25)30(22-41)28-20-24(4-8-32(28)37-33)34(43)38-31(12-17-39-15-10-27(42)11-16-39)23-2-6-26(7-3-23)40-18-19-45-35(40)44/h2-4,6-8,20,25,27,31,41-42H,5,9-19,21-22H2,1H3,(H,38,43)/t25-,31+/m0/s1. The Bertz CT molecular complexity index is 1580. The molecule has 2 aliphatic heterocycles. The zero-order valence-corrected chi connectivity index (χ0v) is 26.1. The van der Waals surface area contributed by atoms with E-state index in [1.54, 1.807) is 4.90 Å². The predicted octanol–water partition coefficient (Wildman–Crippen LogP) is 4.91. The number of amides is 2. The van der Waals surface area contributed by atoms with Crippen molar-refractivity contribution in [1.82, 2.24) is 15.2 Å². The van der Waals surface area contributed by atoms with Gasteiger partial charge in [-0.3, -0.25) is 14.7 Å². The number of benzene rings is 2. The van der Waals surface area contributed by atoms with E-state index in [4.69, 9.17) is 9.72 Å². The van der Waals surface area contributed by atoms with Gasteiger partial charge in [-0.25, -0.2) is 4.79 Å². The largest absolute Gasteiger partial charge is 0.447 e. The second-order valence-electron chi connectivity index (χ2n) is 13.7. The van der Waals surface area contributed by atoms with Crippen LogP contribution in [0.15, 0.2) is 42.5 Å². The van der Waals surface area contributed by atoms with Gasteiger partial charge in [0.15, 0.2) is 0 Å². The van der Waals surface area contributed by atoms with Gasteiger partial charge in [0.1, 0.15) is 6.61 Å². The van der Waals surface area contributed by atoms with Crippen LogP contribution in [0.25, 0.3) is 10.9 Å². The Labute approximate surface area is 264 Å². The Kier molecular flexibility index (Phi) is 8.27.